The fourth-order valence-electron chi connectivity index (χ4n) is 3.76. The second-order valence-electron chi connectivity index (χ2n) is 7.46. The van der Waals surface area contributed by atoms with Crippen LogP contribution in [-0.4, -0.2) is 24.2 Å². The maximum Gasteiger partial charge on any atom is 0.244 e. The van der Waals surface area contributed by atoms with Crippen LogP contribution in [-0.2, 0) is 11.2 Å². The minimum absolute atomic E-state index is 0.00680. The zero-order chi connectivity index (χ0) is 19.4. The second kappa shape index (κ2) is 7.78. The number of allylic oxidation sites excluding steroid dienone is 1. The van der Waals surface area contributed by atoms with E-state index in [1.807, 2.05) is 36.4 Å². The molecule has 0 aliphatic carbocycles. The third-order valence-electron chi connectivity index (χ3n) is 4.93. The molecule has 0 saturated carbocycles. The van der Waals surface area contributed by atoms with Crippen molar-refractivity contribution in [3.8, 4) is 0 Å². The van der Waals surface area contributed by atoms with Gasteiger partial charge in [-0.25, -0.2) is 5.43 Å². The number of carbonyl (C=O) groups excluding carboxylic acids is 1. The zero-order valence-corrected chi connectivity index (χ0v) is 16.5. The summed E-state index contributed by atoms with van der Waals surface area (Å²) in [5, 5.41) is 4.12. The number of anilines is 1. The maximum absolute atomic E-state index is 12.0. The molecule has 0 bridgehead atoms. The zero-order valence-electron chi connectivity index (χ0n) is 16.5. The third-order valence-corrected chi connectivity index (χ3v) is 4.93. The van der Waals surface area contributed by atoms with Crippen LogP contribution in [0.5, 0.6) is 0 Å². The fraction of sp³-hybridized carbons (Fsp3) is 0.304. The van der Waals surface area contributed by atoms with E-state index in [0.29, 0.717) is 6.42 Å². The Morgan fingerprint density at radius 2 is 1.93 bits per heavy atom. The molecular formula is C23H27N3O. The van der Waals surface area contributed by atoms with Gasteiger partial charge in [0.05, 0.1) is 18.2 Å². The predicted molar refractivity (Wildman–Crippen MR) is 113 cm³/mol. The number of benzene rings is 2. The van der Waals surface area contributed by atoms with Crippen molar-refractivity contribution in [1.82, 2.24) is 5.43 Å². The second-order valence-corrected chi connectivity index (χ2v) is 7.46. The van der Waals surface area contributed by atoms with Crippen molar-refractivity contribution < 1.29 is 4.79 Å². The van der Waals surface area contributed by atoms with E-state index in [2.05, 4.69) is 61.3 Å². The van der Waals surface area contributed by atoms with Crippen molar-refractivity contribution >= 4 is 23.4 Å². The molecule has 140 valence electrons. The molecule has 1 heterocycles. The molecule has 1 amide bonds. The van der Waals surface area contributed by atoms with Crippen LogP contribution in [0.3, 0.4) is 0 Å². The van der Waals surface area contributed by atoms with Gasteiger partial charge in [0, 0.05) is 17.8 Å². The van der Waals surface area contributed by atoms with Crippen molar-refractivity contribution in [2.45, 2.75) is 39.7 Å². The smallest absolute Gasteiger partial charge is 0.244 e. The highest BCUT2D eigenvalue weighted by atomic mass is 16.2. The molecule has 0 saturated heterocycles. The van der Waals surface area contributed by atoms with E-state index in [1.165, 1.54) is 16.8 Å². The van der Waals surface area contributed by atoms with Crippen LogP contribution in [0.2, 0.25) is 0 Å². The number of likely N-dealkylation sites (N-methyl/N-ethyl adjacent to an activating group) is 1. The Labute approximate surface area is 161 Å². The number of nitrogens with zero attached hydrogens (tertiary/aromatic N) is 2. The molecule has 4 heteroatoms. The van der Waals surface area contributed by atoms with Gasteiger partial charge in [-0.15, -0.1) is 0 Å². The summed E-state index contributed by atoms with van der Waals surface area (Å²) in [6.45, 7) is 9.75. The molecule has 4 nitrogen and oxygen atoms in total. The average molecular weight is 361 g/mol. The van der Waals surface area contributed by atoms with Crippen LogP contribution >= 0.6 is 0 Å². The average Bonchev–Trinajstić information content (AvgIpc) is 2.62. The Hall–Kier alpha value is -2.88. The number of amides is 1. The summed E-state index contributed by atoms with van der Waals surface area (Å²) < 4.78 is 0. The van der Waals surface area contributed by atoms with Crippen molar-refractivity contribution in [1.29, 1.82) is 0 Å². The van der Waals surface area contributed by atoms with Crippen LogP contribution in [0.4, 0.5) is 5.69 Å². The number of rotatable bonds is 5. The van der Waals surface area contributed by atoms with Crippen LogP contribution in [0.1, 0.15) is 44.4 Å². The Morgan fingerprint density at radius 3 is 2.63 bits per heavy atom. The van der Waals surface area contributed by atoms with Gasteiger partial charge in [0.1, 0.15) is 0 Å². The van der Waals surface area contributed by atoms with Gasteiger partial charge in [-0.2, -0.15) is 5.10 Å². The van der Waals surface area contributed by atoms with Crippen LogP contribution in [0, 0.1) is 0 Å². The number of fused-ring (bicyclic) bond motifs is 1. The summed E-state index contributed by atoms with van der Waals surface area (Å²) in [4.78, 5) is 14.4. The number of nitrogens with one attached hydrogen (secondary N) is 1. The van der Waals surface area contributed by atoms with Gasteiger partial charge in [0.2, 0.25) is 5.91 Å². The minimum Gasteiger partial charge on any atom is -0.363 e. The topological polar surface area (TPSA) is 44.7 Å². The van der Waals surface area contributed by atoms with E-state index < -0.39 is 0 Å². The first-order valence-electron chi connectivity index (χ1n) is 9.38. The molecule has 0 atom stereocenters. The van der Waals surface area contributed by atoms with Gasteiger partial charge in [-0.1, -0.05) is 42.5 Å². The summed E-state index contributed by atoms with van der Waals surface area (Å²) in [6.07, 6.45) is 4.33. The Balaban J connectivity index is 1.71. The molecule has 0 fully saturated rings. The number of hydrogen-bond acceptors (Lipinski definition) is 3. The molecular weight excluding hydrogens is 334 g/mol. The van der Waals surface area contributed by atoms with Crippen LogP contribution in [0.25, 0.3) is 5.57 Å². The van der Waals surface area contributed by atoms with E-state index in [-0.39, 0.29) is 11.4 Å². The van der Waals surface area contributed by atoms with Crippen molar-refractivity contribution in [2.75, 3.05) is 11.4 Å². The highest BCUT2D eigenvalue weighted by Gasteiger charge is 2.29. The number of hydrazone groups is 1. The lowest BCUT2D eigenvalue weighted by atomic mass is 9.88. The van der Waals surface area contributed by atoms with E-state index in [1.54, 1.807) is 6.21 Å². The molecule has 0 spiro atoms. The van der Waals surface area contributed by atoms with Crippen LogP contribution < -0.4 is 10.3 Å². The van der Waals surface area contributed by atoms with E-state index in [9.17, 15) is 4.79 Å². The van der Waals surface area contributed by atoms with E-state index in [0.717, 1.165) is 17.7 Å². The Bertz CT molecular complexity index is 882. The molecule has 1 N–H and O–H groups in total. The molecule has 0 unspecified atom stereocenters. The lowest BCUT2D eigenvalue weighted by molar-refractivity contribution is -0.120. The maximum atomic E-state index is 12.0. The van der Waals surface area contributed by atoms with Gasteiger partial charge in [0.15, 0.2) is 0 Å². The molecule has 3 rings (SSSR count). The standard InChI is InChI=1S/C23H27N3O/c1-5-26-21-12-11-19(13-20(21)17(2)15-23(26,3)4)16-24-25-22(27)14-18-9-7-6-8-10-18/h6-13,15-16H,5,14H2,1-4H3,(H,25,27)/b24-16-. The first-order valence-corrected chi connectivity index (χ1v) is 9.38. The summed E-state index contributed by atoms with van der Waals surface area (Å²) in [7, 11) is 0. The summed E-state index contributed by atoms with van der Waals surface area (Å²) in [5.41, 5.74) is 8.29. The molecule has 1 aliphatic rings. The van der Waals surface area contributed by atoms with Crippen molar-refractivity contribution in [2.24, 2.45) is 5.10 Å². The quantitative estimate of drug-likeness (QED) is 0.634. The van der Waals surface area contributed by atoms with Gasteiger partial charge < -0.3 is 4.90 Å². The molecule has 2 aromatic rings. The van der Waals surface area contributed by atoms with Gasteiger partial charge in [0.25, 0.3) is 0 Å². The molecule has 0 radical (unpaired) electrons. The van der Waals surface area contributed by atoms with Gasteiger partial charge >= 0.3 is 0 Å². The molecule has 2 aromatic carbocycles. The highest BCUT2D eigenvalue weighted by molar-refractivity contribution is 5.88. The van der Waals surface area contributed by atoms with E-state index in [4.69, 9.17) is 0 Å². The largest absolute Gasteiger partial charge is 0.363 e. The summed E-state index contributed by atoms with van der Waals surface area (Å²) >= 11 is 0. The first kappa shape index (κ1) is 18.9. The van der Waals surface area contributed by atoms with Crippen molar-refractivity contribution in [3.63, 3.8) is 0 Å². The minimum atomic E-state index is -0.120. The first-order chi connectivity index (χ1) is 12.9. The lowest BCUT2D eigenvalue weighted by Crippen LogP contribution is -2.44. The number of hydrogen-bond donors (Lipinski definition) is 1. The lowest BCUT2D eigenvalue weighted by Gasteiger charge is -2.42. The van der Waals surface area contributed by atoms with E-state index >= 15 is 0 Å². The van der Waals surface area contributed by atoms with Crippen molar-refractivity contribution in [3.05, 3.63) is 71.3 Å². The van der Waals surface area contributed by atoms with Gasteiger partial charge in [-0.05, 0) is 56.5 Å². The molecule has 27 heavy (non-hydrogen) atoms. The highest BCUT2D eigenvalue weighted by Crippen LogP contribution is 2.38. The normalized spacial score (nSPS) is 15.4. The monoisotopic (exact) mass is 361 g/mol. The molecule has 1 aliphatic heterocycles. The fourth-order valence-corrected chi connectivity index (χ4v) is 3.76. The van der Waals surface area contributed by atoms with Gasteiger partial charge in [-0.3, -0.25) is 4.79 Å². The van der Waals surface area contributed by atoms with Crippen LogP contribution in [0.15, 0.2) is 59.7 Å². The Morgan fingerprint density at radius 1 is 1.19 bits per heavy atom. The SMILES string of the molecule is CCN1c2ccc(/C=N\NC(=O)Cc3ccccc3)cc2C(C)=CC1(C)C. The number of carbonyl (C=O) groups is 1. The third kappa shape index (κ3) is 4.27. The Kier molecular flexibility index (Phi) is 5.45. The predicted octanol–water partition coefficient (Wildman–Crippen LogP) is 4.40. The summed E-state index contributed by atoms with van der Waals surface area (Å²) in [6, 6.07) is 16.0. The summed E-state index contributed by atoms with van der Waals surface area (Å²) in [5.74, 6) is -0.120. The molecule has 0 aromatic heterocycles.